The van der Waals surface area contributed by atoms with Gasteiger partial charge in [0.25, 0.3) is 10.0 Å². The summed E-state index contributed by atoms with van der Waals surface area (Å²) in [4.78, 5) is 5.18. The lowest BCUT2D eigenvalue weighted by molar-refractivity contribution is 0.347. The number of anilines is 1. The average molecular weight is 520 g/mol. The molecule has 1 aliphatic heterocycles. The number of nitrogens with two attached hydrogens (primary N) is 1. The van der Waals surface area contributed by atoms with Gasteiger partial charge in [-0.05, 0) is 49.6 Å². The third-order valence-corrected chi connectivity index (χ3v) is 7.68. The Morgan fingerprint density at radius 2 is 1.96 bits per heavy atom. The number of aryl methyl sites for hydroxylation is 1. The number of nitrogens with zero attached hydrogens (tertiary/aromatic N) is 2. The van der Waals surface area contributed by atoms with E-state index in [9.17, 15) is 8.42 Å². The first-order chi connectivity index (χ1) is 12.4. The maximum Gasteiger partial charge on any atom is 0.252 e. The van der Waals surface area contributed by atoms with E-state index >= 15 is 0 Å². The second kappa shape index (κ2) is 9.85. The Balaban J connectivity index is 0.00000261. The number of thiophene rings is 1. The molecule has 2 aromatic rings. The summed E-state index contributed by atoms with van der Waals surface area (Å²) in [5, 5.41) is 3.05. The molecular formula is C18H25IN4O2S2. The Labute approximate surface area is 181 Å². The molecule has 0 aliphatic carbocycles. The zero-order valence-corrected chi connectivity index (χ0v) is 19.2. The van der Waals surface area contributed by atoms with Crippen molar-refractivity contribution in [3.05, 3.63) is 46.8 Å². The van der Waals surface area contributed by atoms with Crippen LogP contribution >= 0.6 is 35.3 Å². The van der Waals surface area contributed by atoms with Gasteiger partial charge in [0.2, 0.25) is 0 Å². The van der Waals surface area contributed by atoms with Crippen molar-refractivity contribution in [3.8, 4) is 0 Å². The highest BCUT2D eigenvalue weighted by atomic mass is 127. The van der Waals surface area contributed by atoms with Gasteiger partial charge in [-0.3, -0.25) is 0 Å². The maximum atomic E-state index is 12.7. The van der Waals surface area contributed by atoms with Gasteiger partial charge in [-0.1, -0.05) is 18.6 Å². The molecule has 1 saturated heterocycles. The first kappa shape index (κ1) is 22.1. The number of hydrogen-bond donors (Lipinski definition) is 2. The van der Waals surface area contributed by atoms with Crippen molar-refractivity contribution in [2.45, 2.75) is 36.9 Å². The summed E-state index contributed by atoms with van der Waals surface area (Å²) >= 11 is 1.26. The van der Waals surface area contributed by atoms with Gasteiger partial charge in [-0.15, -0.1) is 35.3 Å². The molecule has 2 heterocycles. The van der Waals surface area contributed by atoms with Crippen LogP contribution in [-0.2, 0) is 16.6 Å². The molecule has 9 heteroatoms. The quantitative estimate of drug-likeness (QED) is 0.357. The third-order valence-electron chi connectivity index (χ3n) is 4.24. The predicted molar refractivity (Wildman–Crippen MR) is 122 cm³/mol. The van der Waals surface area contributed by atoms with Crippen molar-refractivity contribution in [2.75, 3.05) is 18.4 Å². The monoisotopic (exact) mass is 520 g/mol. The third kappa shape index (κ3) is 5.90. The summed E-state index contributed by atoms with van der Waals surface area (Å²) in [6.45, 7) is 3.58. The molecule has 27 heavy (non-hydrogen) atoms. The molecule has 148 valence electrons. The molecule has 0 spiro atoms. The molecule has 1 aromatic heterocycles. The largest absolute Gasteiger partial charge is 0.370 e. The van der Waals surface area contributed by atoms with E-state index in [0.717, 1.165) is 35.4 Å². The van der Waals surface area contributed by atoms with Crippen molar-refractivity contribution in [1.82, 2.24) is 4.31 Å². The van der Waals surface area contributed by atoms with Gasteiger partial charge in [0, 0.05) is 23.7 Å². The van der Waals surface area contributed by atoms with Gasteiger partial charge < -0.3 is 11.1 Å². The average Bonchev–Trinajstić information content (AvgIpc) is 3.11. The van der Waals surface area contributed by atoms with Crippen LogP contribution in [-0.4, -0.2) is 31.8 Å². The number of halogens is 1. The zero-order valence-electron chi connectivity index (χ0n) is 15.2. The SMILES string of the molecule is Cc1cccc(NC(N)=NCc2ccc(S(=O)(=O)N3CCCCC3)s2)c1.I. The normalized spacial score (nSPS) is 16.0. The Kier molecular flexibility index (Phi) is 8.07. The Morgan fingerprint density at radius 3 is 2.67 bits per heavy atom. The summed E-state index contributed by atoms with van der Waals surface area (Å²) in [6.07, 6.45) is 2.97. The van der Waals surface area contributed by atoms with Gasteiger partial charge in [0.05, 0.1) is 6.54 Å². The first-order valence-corrected chi connectivity index (χ1v) is 10.9. The van der Waals surface area contributed by atoms with Gasteiger partial charge in [-0.25, -0.2) is 13.4 Å². The van der Waals surface area contributed by atoms with Gasteiger partial charge in [0.15, 0.2) is 5.96 Å². The van der Waals surface area contributed by atoms with Crippen LogP contribution in [0.1, 0.15) is 29.7 Å². The molecule has 3 N–H and O–H groups in total. The van der Waals surface area contributed by atoms with Crippen LogP contribution in [0.3, 0.4) is 0 Å². The smallest absolute Gasteiger partial charge is 0.252 e. The number of rotatable bonds is 5. The number of nitrogens with one attached hydrogen (secondary N) is 1. The van der Waals surface area contributed by atoms with E-state index < -0.39 is 10.0 Å². The predicted octanol–water partition coefficient (Wildman–Crippen LogP) is 3.78. The summed E-state index contributed by atoms with van der Waals surface area (Å²) in [5.41, 5.74) is 7.94. The number of guanidine groups is 1. The Bertz CT molecular complexity index is 890. The van der Waals surface area contributed by atoms with E-state index in [4.69, 9.17) is 5.73 Å². The van der Waals surface area contributed by atoms with Gasteiger partial charge in [0.1, 0.15) is 4.21 Å². The first-order valence-electron chi connectivity index (χ1n) is 8.67. The molecule has 0 saturated carbocycles. The molecule has 0 bridgehead atoms. The molecule has 1 aromatic carbocycles. The summed E-state index contributed by atoms with van der Waals surface area (Å²) in [5.74, 6) is 0.310. The van der Waals surface area contributed by atoms with Crippen LogP contribution in [0.2, 0.25) is 0 Å². The molecule has 1 aliphatic rings. The molecule has 3 rings (SSSR count). The number of benzene rings is 1. The van der Waals surface area contributed by atoms with E-state index in [-0.39, 0.29) is 24.0 Å². The number of hydrogen-bond acceptors (Lipinski definition) is 4. The minimum absolute atomic E-state index is 0. The van der Waals surface area contributed by atoms with Crippen LogP contribution in [0.15, 0.2) is 45.6 Å². The second-order valence-corrected chi connectivity index (χ2v) is 9.71. The van der Waals surface area contributed by atoms with Crippen LogP contribution in [0.4, 0.5) is 5.69 Å². The van der Waals surface area contributed by atoms with Crippen molar-refractivity contribution in [1.29, 1.82) is 0 Å². The fourth-order valence-corrected chi connectivity index (χ4v) is 5.84. The molecule has 0 unspecified atom stereocenters. The minimum Gasteiger partial charge on any atom is -0.370 e. The van der Waals surface area contributed by atoms with E-state index in [2.05, 4.69) is 10.3 Å². The fraction of sp³-hybridized carbons (Fsp3) is 0.389. The van der Waals surface area contributed by atoms with E-state index in [1.807, 2.05) is 37.3 Å². The van der Waals surface area contributed by atoms with Crippen molar-refractivity contribution in [3.63, 3.8) is 0 Å². The standard InChI is InChI=1S/C18H24N4O2S2.HI/c1-14-6-5-7-15(12-14)21-18(19)20-13-16-8-9-17(25-16)26(23,24)22-10-3-2-4-11-22;/h5-9,12H,2-4,10-11,13H2,1H3,(H3,19,20,21);1H. The van der Waals surface area contributed by atoms with E-state index in [1.54, 1.807) is 10.4 Å². The fourth-order valence-electron chi connectivity index (χ4n) is 2.89. The molecule has 0 atom stereocenters. The number of piperidine rings is 1. The van der Waals surface area contributed by atoms with Crippen molar-refractivity contribution >= 4 is 57.0 Å². The van der Waals surface area contributed by atoms with Gasteiger partial charge in [-0.2, -0.15) is 4.31 Å². The lowest BCUT2D eigenvalue weighted by Gasteiger charge is -2.25. The maximum absolute atomic E-state index is 12.7. The van der Waals surface area contributed by atoms with E-state index in [0.29, 0.717) is 29.8 Å². The summed E-state index contributed by atoms with van der Waals surface area (Å²) < 4.78 is 27.3. The highest BCUT2D eigenvalue weighted by Gasteiger charge is 2.27. The number of sulfonamides is 1. The molecule has 0 radical (unpaired) electrons. The summed E-state index contributed by atoms with van der Waals surface area (Å²) in [7, 11) is -3.38. The Hall–Kier alpha value is -1.17. The molecular weight excluding hydrogens is 495 g/mol. The topological polar surface area (TPSA) is 87.8 Å². The van der Waals surface area contributed by atoms with Gasteiger partial charge >= 0.3 is 0 Å². The summed E-state index contributed by atoms with van der Waals surface area (Å²) in [6, 6.07) is 11.3. The van der Waals surface area contributed by atoms with Crippen molar-refractivity contribution < 1.29 is 8.42 Å². The molecule has 0 amide bonds. The lowest BCUT2D eigenvalue weighted by Crippen LogP contribution is -2.35. The number of aliphatic imine (C=N–C) groups is 1. The molecule has 6 nitrogen and oxygen atoms in total. The van der Waals surface area contributed by atoms with Crippen LogP contribution in [0, 0.1) is 6.92 Å². The van der Waals surface area contributed by atoms with Crippen LogP contribution in [0.5, 0.6) is 0 Å². The Morgan fingerprint density at radius 1 is 1.22 bits per heavy atom. The highest BCUT2D eigenvalue weighted by Crippen LogP contribution is 2.27. The molecule has 1 fully saturated rings. The second-order valence-electron chi connectivity index (χ2n) is 6.38. The van der Waals surface area contributed by atoms with Crippen LogP contribution < -0.4 is 11.1 Å². The lowest BCUT2D eigenvalue weighted by atomic mass is 10.2. The van der Waals surface area contributed by atoms with Crippen molar-refractivity contribution in [2.24, 2.45) is 10.7 Å². The van der Waals surface area contributed by atoms with Crippen LogP contribution in [0.25, 0.3) is 0 Å². The minimum atomic E-state index is -3.38. The zero-order chi connectivity index (χ0) is 18.6. The highest BCUT2D eigenvalue weighted by molar-refractivity contribution is 14.0. The van der Waals surface area contributed by atoms with E-state index in [1.165, 1.54) is 11.3 Å².